The number of furan rings is 1. The van der Waals surface area contributed by atoms with Crippen molar-refractivity contribution in [1.29, 1.82) is 0 Å². The predicted molar refractivity (Wildman–Crippen MR) is 91.5 cm³/mol. The first-order chi connectivity index (χ1) is 11.2. The first-order valence-electron chi connectivity index (χ1n) is 9.29. The molecule has 128 valence electrons. The highest BCUT2D eigenvalue weighted by Gasteiger charge is 2.26. The summed E-state index contributed by atoms with van der Waals surface area (Å²) in [5.41, 5.74) is 0. The minimum absolute atomic E-state index is 0.00119. The summed E-state index contributed by atoms with van der Waals surface area (Å²) in [4.78, 5) is 24.1. The second-order valence-corrected chi connectivity index (χ2v) is 6.94. The van der Waals surface area contributed by atoms with Gasteiger partial charge in [-0.05, 0) is 36.8 Å². The number of carbonyl (C=O) groups is 2. The molecule has 0 radical (unpaired) electrons. The fraction of sp³-hybridized carbons (Fsp3) is 0.700. The summed E-state index contributed by atoms with van der Waals surface area (Å²) in [6, 6.07) is 3.41. The largest absolute Gasteiger partial charge is 0.461 e. The third-order valence-electron chi connectivity index (χ3n) is 5.14. The summed E-state index contributed by atoms with van der Waals surface area (Å²) in [7, 11) is 0. The van der Waals surface area contributed by atoms with Crippen LogP contribution in [0.5, 0.6) is 0 Å². The van der Waals surface area contributed by atoms with Gasteiger partial charge in [-0.15, -0.1) is 0 Å². The van der Waals surface area contributed by atoms with Crippen LogP contribution in [-0.2, 0) is 4.79 Å². The molecule has 1 aliphatic rings. The molecule has 1 saturated carbocycles. The van der Waals surface area contributed by atoms with Gasteiger partial charge in [0.15, 0.2) is 11.5 Å². The summed E-state index contributed by atoms with van der Waals surface area (Å²) in [6.45, 7) is 2.24. The Labute approximate surface area is 139 Å². The van der Waals surface area contributed by atoms with E-state index in [-0.39, 0.29) is 5.78 Å². The van der Waals surface area contributed by atoms with Gasteiger partial charge in [-0.1, -0.05) is 45.4 Å². The zero-order valence-electron chi connectivity index (χ0n) is 14.4. The molecule has 0 bridgehead atoms. The van der Waals surface area contributed by atoms with Crippen molar-refractivity contribution in [3.05, 3.63) is 24.2 Å². The average molecular weight is 318 g/mol. The summed E-state index contributed by atoms with van der Waals surface area (Å²) in [6.07, 6.45) is 12.7. The van der Waals surface area contributed by atoms with Crippen molar-refractivity contribution in [3.8, 4) is 0 Å². The molecule has 0 aromatic carbocycles. The van der Waals surface area contributed by atoms with E-state index in [1.165, 1.54) is 51.2 Å². The van der Waals surface area contributed by atoms with Crippen molar-refractivity contribution in [2.45, 2.75) is 77.6 Å². The van der Waals surface area contributed by atoms with Crippen molar-refractivity contribution in [2.24, 2.45) is 11.8 Å². The molecule has 2 atom stereocenters. The van der Waals surface area contributed by atoms with Gasteiger partial charge in [0.25, 0.3) is 0 Å². The molecule has 3 heteroatoms. The number of hydrogen-bond donors (Lipinski definition) is 0. The highest BCUT2D eigenvalue weighted by molar-refractivity contribution is 5.93. The van der Waals surface area contributed by atoms with Crippen LogP contribution in [-0.4, -0.2) is 11.6 Å². The van der Waals surface area contributed by atoms with E-state index in [4.69, 9.17) is 4.42 Å². The molecule has 3 nitrogen and oxygen atoms in total. The van der Waals surface area contributed by atoms with E-state index < -0.39 is 0 Å². The Morgan fingerprint density at radius 1 is 1.13 bits per heavy atom. The van der Waals surface area contributed by atoms with Crippen LogP contribution in [0.1, 0.15) is 88.1 Å². The molecule has 2 rings (SSSR count). The number of rotatable bonds is 10. The number of ketones is 2. The minimum Gasteiger partial charge on any atom is -0.461 e. The molecule has 2 unspecified atom stereocenters. The molecule has 0 N–H and O–H groups in total. The van der Waals surface area contributed by atoms with Gasteiger partial charge >= 0.3 is 0 Å². The van der Waals surface area contributed by atoms with Gasteiger partial charge in [0.1, 0.15) is 5.78 Å². The average Bonchev–Trinajstić information content (AvgIpc) is 3.08. The normalized spacial score (nSPS) is 21.3. The van der Waals surface area contributed by atoms with E-state index in [1.807, 2.05) is 0 Å². The maximum absolute atomic E-state index is 12.3. The number of hydrogen-bond acceptors (Lipinski definition) is 3. The summed E-state index contributed by atoms with van der Waals surface area (Å²) in [5.74, 6) is 2.08. The number of unbranched alkanes of at least 4 members (excludes halogenated alkanes) is 1. The van der Waals surface area contributed by atoms with Crippen LogP contribution in [0.25, 0.3) is 0 Å². The lowest BCUT2D eigenvalue weighted by molar-refractivity contribution is -0.120. The highest BCUT2D eigenvalue weighted by Crippen LogP contribution is 2.36. The van der Waals surface area contributed by atoms with Crippen LogP contribution >= 0.6 is 0 Å². The van der Waals surface area contributed by atoms with Crippen LogP contribution < -0.4 is 0 Å². The van der Waals surface area contributed by atoms with E-state index in [1.54, 1.807) is 12.1 Å². The Morgan fingerprint density at radius 3 is 2.61 bits per heavy atom. The second kappa shape index (κ2) is 9.69. The van der Waals surface area contributed by atoms with Gasteiger partial charge in [0.05, 0.1) is 6.26 Å². The molecule has 1 heterocycles. The first-order valence-corrected chi connectivity index (χ1v) is 9.29. The summed E-state index contributed by atoms with van der Waals surface area (Å²) >= 11 is 0. The molecule has 1 aromatic rings. The third-order valence-corrected chi connectivity index (χ3v) is 5.14. The summed E-state index contributed by atoms with van der Waals surface area (Å²) < 4.78 is 5.09. The van der Waals surface area contributed by atoms with Crippen molar-refractivity contribution in [1.82, 2.24) is 0 Å². The number of carbonyl (C=O) groups excluding carboxylic acids is 2. The van der Waals surface area contributed by atoms with Gasteiger partial charge in [-0.25, -0.2) is 0 Å². The van der Waals surface area contributed by atoms with Crippen LogP contribution in [0.4, 0.5) is 0 Å². The molecular formula is C20H30O3. The van der Waals surface area contributed by atoms with Crippen LogP contribution in [0.2, 0.25) is 0 Å². The van der Waals surface area contributed by atoms with E-state index in [0.29, 0.717) is 36.7 Å². The molecule has 1 fully saturated rings. The Balaban J connectivity index is 1.69. The molecule has 0 amide bonds. The molecule has 0 saturated heterocycles. The Morgan fingerprint density at radius 2 is 1.91 bits per heavy atom. The van der Waals surface area contributed by atoms with Crippen LogP contribution in [0, 0.1) is 11.8 Å². The third kappa shape index (κ3) is 5.96. The maximum Gasteiger partial charge on any atom is 0.197 e. The van der Waals surface area contributed by atoms with E-state index >= 15 is 0 Å². The standard InChI is InChI=1S/C20H30O3/c1-2-3-8-16-9-4-5-10-17(16)15-18(21)11-6-12-19(22)20-13-7-14-23-20/h7,13-14,16-17H,2-6,8-12,15H2,1H3. The van der Waals surface area contributed by atoms with Gasteiger partial charge in [-0.3, -0.25) is 9.59 Å². The topological polar surface area (TPSA) is 47.3 Å². The molecule has 1 aliphatic carbocycles. The second-order valence-electron chi connectivity index (χ2n) is 6.94. The lowest BCUT2D eigenvalue weighted by atomic mass is 9.74. The van der Waals surface area contributed by atoms with Crippen molar-refractivity contribution >= 4 is 11.6 Å². The van der Waals surface area contributed by atoms with Crippen molar-refractivity contribution in [2.75, 3.05) is 0 Å². The Bertz CT molecular complexity index is 475. The monoisotopic (exact) mass is 318 g/mol. The Kier molecular flexibility index (Phi) is 7.57. The quantitative estimate of drug-likeness (QED) is 0.528. The lowest BCUT2D eigenvalue weighted by Crippen LogP contribution is -2.22. The molecule has 0 aliphatic heterocycles. The predicted octanol–water partition coefficient (Wildman–Crippen LogP) is 5.59. The lowest BCUT2D eigenvalue weighted by Gasteiger charge is -2.31. The molecular weight excluding hydrogens is 288 g/mol. The molecule has 23 heavy (non-hydrogen) atoms. The summed E-state index contributed by atoms with van der Waals surface area (Å²) in [5, 5.41) is 0. The van der Waals surface area contributed by atoms with E-state index in [0.717, 1.165) is 12.3 Å². The smallest absolute Gasteiger partial charge is 0.197 e. The first kappa shape index (κ1) is 18.0. The fourth-order valence-corrected chi connectivity index (χ4v) is 3.80. The fourth-order valence-electron chi connectivity index (χ4n) is 3.80. The SMILES string of the molecule is CCCCC1CCCCC1CC(=O)CCCC(=O)c1ccco1. The molecule has 0 spiro atoms. The van der Waals surface area contributed by atoms with Gasteiger partial charge < -0.3 is 4.42 Å². The zero-order valence-corrected chi connectivity index (χ0v) is 14.4. The molecule has 1 aromatic heterocycles. The maximum atomic E-state index is 12.3. The van der Waals surface area contributed by atoms with Crippen LogP contribution in [0.3, 0.4) is 0 Å². The van der Waals surface area contributed by atoms with Gasteiger partial charge in [-0.2, -0.15) is 0 Å². The van der Waals surface area contributed by atoms with E-state index in [2.05, 4.69) is 6.92 Å². The minimum atomic E-state index is 0.00119. The van der Waals surface area contributed by atoms with Crippen molar-refractivity contribution < 1.29 is 14.0 Å². The van der Waals surface area contributed by atoms with Crippen LogP contribution in [0.15, 0.2) is 22.8 Å². The van der Waals surface area contributed by atoms with Gasteiger partial charge in [0, 0.05) is 19.3 Å². The van der Waals surface area contributed by atoms with Gasteiger partial charge in [0.2, 0.25) is 0 Å². The zero-order chi connectivity index (χ0) is 16.5. The Hall–Kier alpha value is -1.38. The highest BCUT2D eigenvalue weighted by atomic mass is 16.3. The number of Topliss-reactive ketones (excluding diaryl/α,β-unsaturated/α-hetero) is 2. The van der Waals surface area contributed by atoms with E-state index in [9.17, 15) is 9.59 Å². The van der Waals surface area contributed by atoms with Crippen molar-refractivity contribution in [3.63, 3.8) is 0 Å².